The highest BCUT2D eigenvalue weighted by Crippen LogP contribution is 2.23. The summed E-state index contributed by atoms with van der Waals surface area (Å²) in [5, 5.41) is 0. The van der Waals surface area contributed by atoms with Crippen LogP contribution >= 0.6 is 23.6 Å². The van der Waals surface area contributed by atoms with Gasteiger partial charge in [0.25, 0.3) is 0 Å². The van der Waals surface area contributed by atoms with Crippen LogP contribution in [0.5, 0.6) is 0 Å². The van der Waals surface area contributed by atoms with Gasteiger partial charge >= 0.3 is 0 Å². The third-order valence-electron chi connectivity index (χ3n) is 3.27. The molecule has 0 aromatic carbocycles. The average molecular weight is 285 g/mol. The first kappa shape index (κ1) is 15.5. The van der Waals surface area contributed by atoms with Gasteiger partial charge in [-0.1, -0.05) is 26.1 Å². The van der Waals surface area contributed by atoms with Crippen molar-refractivity contribution >= 4 is 28.5 Å². The van der Waals surface area contributed by atoms with Gasteiger partial charge in [-0.2, -0.15) is 0 Å². The van der Waals surface area contributed by atoms with Gasteiger partial charge in [-0.15, -0.1) is 11.3 Å². The predicted octanol–water partition coefficient (Wildman–Crippen LogP) is 2.98. The molecule has 0 amide bonds. The molecule has 1 aromatic heterocycles. The summed E-state index contributed by atoms with van der Waals surface area (Å²) in [6.07, 6.45) is 2.15. The van der Waals surface area contributed by atoms with Gasteiger partial charge < -0.3 is 10.6 Å². The number of rotatable bonds is 7. The molecule has 5 heteroatoms. The van der Waals surface area contributed by atoms with Crippen molar-refractivity contribution in [2.75, 3.05) is 13.6 Å². The minimum absolute atomic E-state index is 0.0312. The van der Waals surface area contributed by atoms with Crippen molar-refractivity contribution < 1.29 is 0 Å². The maximum absolute atomic E-state index is 5.73. The first-order valence-electron chi connectivity index (χ1n) is 6.20. The Labute approximate surface area is 119 Å². The number of aryl methyl sites for hydroxylation is 1. The molecule has 0 saturated carbocycles. The zero-order valence-electron chi connectivity index (χ0n) is 11.7. The lowest BCUT2D eigenvalue weighted by molar-refractivity contribution is 0.303. The Hall–Kier alpha value is -0.520. The van der Waals surface area contributed by atoms with Crippen LogP contribution in [0, 0.1) is 12.3 Å². The molecule has 0 bridgehead atoms. The SMILES string of the molecule is Cc1ncsc1CN(C)CCCC(C)(C)C(N)=S. The molecule has 0 fully saturated rings. The minimum atomic E-state index is -0.0312. The molecule has 1 heterocycles. The number of thiocarbonyl (C=S) groups is 1. The van der Waals surface area contributed by atoms with Crippen molar-refractivity contribution in [3.8, 4) is 0 Å². The van der Waals surface area contributed by atoms with E-state index < -0.39 is 0 Å². The van der Waals surface area contributed by atoms with Crippen LogP contribution in [0.25, 0.3) is 0 Å². The van der Waals surface area contributed by atoms with Gasteiger partial charge in [-0.3, -0.25) is 0 Å². The van der Waals surface area contributed by atoms with E-state index in [1.165, 1.54) is 4.88 Å². The Morgan fingerprint density at radius 3 is 2.72 bits per heavy atom. The van der Waals surface area contributed by atoms with Gasteiger partial charge in [0.2, 0.25) is 0 Å². The number of nitrogens with zero attached hydrogens (tertiary/aromatic N) is 2. The van der Waals surface area contributed by atoms with Crippen LogP contribution in [0.1, 0.15) is 37.3 Å². The zero-order chi connectivity index (χ0) is 13.8. The molecular weight excluding hydrogens is 262 g/mol. The fourth-order valence-corrected chi connectivity index (χ4v) is 2.67. The third-order valence-corrected chi connectivity index (χ3v) is 4.74. The van der Waals surface area contributed by atoms with E-state index in [4.69, 9.17) is 18.0 Å². The first-order valence-corrected chi connectivity index (χ1v) is 7.49. The third kappa shape index (κ3) is 4.63. The smallest absolute Gasteiger partial charge is 0.0798 e. The number of aromatic nitrogens is 1. The largest absolute Gasteiger partial charge is 0.393 e. The Kier molecular flexibility index (Phi) is 5.69. The molecule has 0 radical (unpaired) electrons. The average Bonchev–Trinajstić information content (AvgIpc) is 2.64. The van der Waals surface area contributed by atoms with Crippen molar-refractivity contribution in [3.63, 3.8) is 0 Å². The monoisotopic (exact) mass is 285 g/mol. The Bertz CT molecular complexity index is 399. The summed E-state index contributed by atoms with van der Waals surface area (Å²) in [6.45, 7) is 8.33. The quantitative estimate of drug-likeness (QED) is 0.782. The summed E-state index contributed by atoms with van der Waals surface area (Å²) in [7, 11) is 2.15. The standard InChI is InChI=1S/C13H23N3S2/c1-10-11(18-9-15-10)8-16(4)7-5-6-13(2,3)12(14)17/h9H,5-8H2,1-4H3,(H2,14,17). The van der Waals surface area contributed by atoms with Crippen LogP contribution in [0.2, 0.25) is 0 Å². The second kappa shape index (κ2) is 6.59. The molecule has 0 spiro atoms. The summed E-state index contributed by atoms with van der Waals surface area (Å²) in [5.74, 6) is 0. The summed E-state index contributed by atoms with van der Waals surface area (Å²) in [4.78, 5) is 8.57. The number of hydrogen-bond donors (Lipinski definition) is 1. The van der Waals surface area contributed by atoms with E-state index in [-0.39, 0.29) is 5.41 Å². The van der Waals surface area contributed by atoms with Gasteiger partial charge in [0.1, 0.15) is 0 Å². The van der Waals surface area contributed by atoms with E-state index in [1.807, 2.05) is 5.51 Å². The van der Waals surface area contributed by atoms with Gasteiger partial charge in [-0.05, 0) is 33.4 Å². The lowest BCUT2D eigenvalue weighted by Gasteiger charge is -2.24. The fraction of sp³-hybridized carbons (Fsp3) is 0.692. The van der Waals surface area contributed by atoms with Crippen LogP contribution in [0.3, 0.4) is 0 Å². The van der Waals surface area contributed by atoms with Crippen molar-refractivity contribution in [3.05, 3.63) is 16.1 Å². The van der Waals surface area contributed by atoms with E-state index in [1.54, 1.807) is 11.3 Å². The maximum Gasteiger partial charge on any atom is 0.0798 e. The van der Waals surface area contributed by atoms with E-state index in [9.17, 15) is 0 Å². The molecule has 1 rings (SSSR count). The fourth-order valence-electron chi connectivity index (χ4n) is 1.72. The summed E-state index contributed by atoms with van der Waals surface area (Å²) >= 11 is 6.81. The Balaban J connectivity index is 2.32. The van der Waals surface area contributed by atoms with E-state index in [2.05, 4.69) is 37.7 Å². The topological polar surface area (TPSA) is 42.2 Å². The molecule has 2 N–H and O–H groups in total. The molecule has 102 valence electrons. The Morgan fingerprint density at radius 2 is 2.22 bits per heavy atom. The van der Waals surface area contributed by atoms with E-state index in [0.717, 1.165) is 31.6 Å². The molecule has 0 aliphatic rings. The van der Waals surface area contributed by atoms with Gasteiger partial charge in [0, 0.05) is 16.8 Å². The summed E-state index contributed by atoms with van der Waals surface area (Å²) < 4.78 is 0. The highest BCUT2D eigenvalue weighted by atomic mass is 32.1. The normalized spacial score (nSPS) is 12.1. The molecule has 0 aliphatic heterocycles. The number of hydrogen-bond acceptors (Lipinski definition) is 4. The van der Waals surface area contributed by atoms with E-state index in [0.29, 0.717) is 4.99 Å². The van der Waals surface area contributed by atoms with Crippen LogP contribution in [0.4, 0.5) is 0 Å². The van der Waals surface area contributed by atoms with Gasteiger partial charge in [0.05, 0.1) is 16.2 Å². The Morgan fingerprint density at radius 1 is 1.56 bits per heavy atom. The summed E-state index contributed by atoms with van der Waals surface area (Å²) in [5.41, 5.74) is 8.76. The van der Waals surface area contributed by atoms with Crippen molar-refractivity contribution in [2.24, 2.45) is 11.1 Å². The van der Waals surface area contributed by atoms with Crippen molar-refractivity contribution in [1.82, 2.24) is 9.88 Å². The number of thiazole rings is 1. The molecular formula is C13H23N3S2. The summed E-state index contributed by atoms with van der Waals surface area (Å²) in [6, 6.07) is 0. The molecule has 3 nitrogen and oxygen atoms in total. The van der Waals surface area contributed by atoms with E-state index >= 15 is 0 Å². The predicted molar refractivity (Wildman–Crippen MR) is 83.0 cm³/mol. The molecule has 0 unspecified atom stereocenters. The maximum atomic E-state index is 5.73. The van der Waals surface area contributed by atoms with Crippen LogP contribution in [0.15, 0.2) is 5.51 Å². The van der Waals surface area contributed by atoms with Crippen LogP contribution in [-0.2, 0) is 6.54 Å². The molecule has 0 atom stereocenters. The zero-order valence-corrected chi connectivity index (χ0v) is 13.3. The van der Waals surface area contributed by atoms with Crippen LogP contribution in [-0.4, -0.2) is 28.5 Å². The molecule has 1 aromatic rings. The number of nitrogens with two attached hydrogens (primary N) is 1. The lowest BCUT2D eigenvalue weighted by Crippen LogP contribution is -2.30. The highest BCUT2D eigenvalue weighted by Gasteiger charge is 2.20. The first-order chi connectivity index (χ1) is 8.33. The molecule has 0 saturated heterocycles. The van der Waals surface area contributed by atoms with Crippen molar-refractivity contribution in [1.29, 1.82) is 0 Å². The highest BCUT2D eigenvalue weighted by molar-refractivity contribution is 7.80. The second-order valence-electron chi connectivity index (χ2n) is 5.45. The van der Waals surface area contributed by atoms with Crippen molar-refractivity contribution in [2.45, 2.75) is 40.2 Å². The molecule has 18 heavy (non-hydrogen) atoms. The minimum Gasteiger partial charge on any atom is -0.393 e. The van der Waals surface area contributed by atoms with Crippen LogP contribution < -0.4 is 5.73 Å². The van der Waals surface area contributed by atoms with Gasteiger partial charge in [-0.25, -0.2) is 4.98 Å². The lowest BCUT2D eigenvalue weighted by atomic mass is 9.88. The molecule has 0 aliphatic carbocycles. The second-order valence-corrected chi connectivity index (χ2v) is 6.83. The van der Waals surface area contributed by atoms with Gasteiger partial charge in [0.15, 0.2) is 0 Å².